The molecule has 0 bridgehead atoms. The van der Waals surface area contributed by atoms with E-state index in [1.54, 1.807) is 18.9 Å². The van der Waals surface area contributed by atoms with Crippen LogP contribution in [0, 0.1) is 0 Å². The minimum absolute atomic E-state index is 0.0535. The summed E-state index contributed by atoms with van der Waals surface area (Å²) in [4.78, 5) is 1.06. The van der Waals surface area contributed by atoms with Gasteiger partial charge in [-0.15, -0.1) is 11.8 Å². The zero-order chi connectivity index (χ0) is 14.5. The van der Waals surface area contributed by atoms with Gasteiger partial charge in [0.2, 0.25) is 0 Å². The van der Waals surface area contributed by atoms with E-state index in [0.29, 0.717) is 0 Å². The molecule has 2 aromatic rings. The maximum atomic E-state index is 6.32. The average molecular weight is 308 g/mol. The van der Waals surface area contributed by atoms with Crippen molar-refractivity contribution in [2.75, 3.05) is 7.11 Å². The number of hydrogen-bond acceptors (Lipinski definition) is 3. The van der Waals surface area contributed by atoms with Crippen LogP contribution in [-0.4, -0.2) is 12.4 Å². The van der Waals surface area contributed by atoms with E-state index in [0.717, 1.165) is 21.2 Å². The molecule has 20 heavy (non-hydrogen) atoms. The van der Waals surface area contributed by atoms with Gasteiger partial charge in [0.25, 0.3) is 0 Å². The Morgan fingerprint density at radius 3 is 2.35 bits per heavy atom. The molecule has 0 aliphatic rings. The lowest BCUT2D eigenvalue weighted by Crippen LogP contribution is -2.21. The highest BCUT2D eigenvalue weighted by molar-refractivity contribution is 8.00. The quantitative estimate of drug-likeness (QED) is 0.824. The molecular formula is C16H18ClNOS. The topological polar surface area (TPSA) is 35.2 Å². The van der Waals surface area contributed by atoms with E-state index >= 15 is 0 Å². The fraction of sp³-hybridized carbons (Fsp3) is 0.250. The minimum atomic E-state index is -0.0535. The Morgan fingerprint density at radius 2 is 1.75 bits per heavy atom. The highest BCUT2D eigenvalue weighted by Crippen LogP contribution is 2.34. The highest BCUT2D eigenvalue weighted by atomic mass is 35.5. The molecule has 0 saturated heterocycles. The fourth-order valence-corrected chi connectivity index (χ4v) is 3.22. The monoisotopic (exact) mass is 307 g/mol. The molecule has 0 heterocycles. The summed E-state index contributed by atoms with van der Waals surface area (Å²) >= 11 is 7.88. The zero-order valence-corrected chi connectivity index (χ0v) is 13.1. The number of rotatable bonds is 5. The number of nitrogens with two attached hydrogens (primary N) is 1. The van der Waals surface area contributed by atoms with Gasteiger partial charge in [0.1, 0.15) is 5.75 Å². The van der Waals surface area contributed by atoms with Gasteiger partial charge in [-0.1, -0.05) is 42.8 Å². The van der Waals surface area contributed by atoms with E-state index < -0.39 is 0 Å². The molecule has 2 unspecified atom stereocenters. The summed E-state index contributed by atoms with van der Waals surface area (Å²) in [6.45, 7) is 2.11. The molecule has 0 saturated carbocycles. The molecule has 0 aromatic heterocycles. The number of hydrogen-bond donors (Lipinski definition) is 1. The maximum absolute atomic E-state index is 6.32. The first-order valence-corrected chi connectivity index (χ1v) is 7.68. The summed E-state index contributed by atoms with van der Waals surface area (Å²) in [7, 11) is 1.66. The van der Waals surface area contributed by atoms with Crippen LogP contribution in [0.5, 0.6) is 5.75 Å². The molecule has 2 aromatic carbocycles. The smallest absolute Gasteiger partial charge is 0.118 e. The van der Waals surface area contributed by atoms with Gasteiger partial charge in [-0.25, -0.2) is 0 Å². The maximum Gasteiger partial charge on any atom is 0.118 e. The largest absolute Gasteiger partial charge is 0.497 e. The molecule has 0 fully saturated rings. The lowest BCUT2D eigenvalue weighted by Gasteiger charge is -2.20. The Bertz CT molecular complexity index is 559. The van der Waals surface area contributed by atoms with Gasteiger partial charge < -0.3 is 10.5 Å². The third-order valence-corrected chi connectivity index (χ3v) is 4.87. The predicted octanol–water partition coefficient (Wildman–Crippen LogP) is 4.53. The van der Waals surface area contributed by atoms with Crippen LogP contribution in [0.3, 0.4) is 0 Å². The second-order valence-electron chi connectivity index (χ2n) is 4.55. The minimum Gasteiger partial charge on any atom is -0.497 e. The van der Waals surface area contributed by atoms with Crippen molar-refractivity contribution in [1.82, 2.24) is 0 Å². The molecule has 0 amide bonds. The van der Waals surface area contributed by atoms with Crippen LogP contribution in [-0.2, 0) is 0 Å². The summed E-state index contributed by atoms with van der Waals surface area (Å²) in [5, 5.41) is 0.995. The molecule has 2 N–H and O–H groups in total. The van der Waals surface area contributed by atoms with Crippen LogP contribution in [0.15, 0.2) is 53.4 Å². The molecule has 2 nitrogen and oxygen atoms in total. The zero-order valence-electron chi connectivity index (χ0n) is 11.5. The molecule has 0 spiro atoms. The molecule has 2 rings (SSSR count). The van der Waals surface area contributed by atoms with Crippen molar-refractivity contribution in [3.8, 4) is 5.75 Å². The van der Waals surface area contributed by atoms with Crippen molar-refractivity contribution in [1.29, 1.82) is 0 Å². The van der Waals surface area contributed by atoms with Crippen molar-refractivity contribution < 1.29 is 4.74 Å². The number of thioether (sulfide) groups is 1. The Hall–Kier alpha value is -1.16. The Balaban J connectivity index is 2.08. The summed E-state index contributed by atoms with van der Waals surface area (Å²) in [5.41, 5.74) is 7.42. The molecule has 0 radical (unpaired) electrons. The predicted molar refractivity (Wildman–Crippen MR) is 86.7 cm³/mol. The van der Waals surface area contributed by atoms with Crippen molar-refractivity contribution in [3.05, 3.63) is 59.1 Å². The second-order valence-corrected chi connectivity index (χ2v) is 6.38. The number of benzene rings is 2. The molecule has 0 aliphatic carbocycles. The Morgan fingerprint density at radius 1 is 1.10 bits per heavy atom. The van der Waals surface area contributed by atoms with E-state index in [4.69, 9.17) is 22.1 Å². The molecule has 106 valence electrons. The van der Waals surface area contributed by atoms with Crippen molar-refractivity contribution >= 4 is 23.4 Å². The number of halogens is 1. The summed E-state index contributed by atoms with van der Waals surface area (Å²) < 4.78 is 5.16. The normalized spacial score (nSPS) is 13.8. The fourth-order valence-electron chi connectivity index (χ4n) is 1.91. The lowest BCUT2D eigenvalue weighted by molar-refractivity contribution is 0.414. The molecule has 4 heteroatoms. The van der Waals surface area contributed by atoms with Crippen molar-refractivity contribution in [2.45, 2.75) is 23.1 Å². The van der Waals surface area contributed by atoms with Gasteiger partial charge in [0.05, 0.1) is 12.1 Å². The van der Waals surface area contributed by atoms with Gasteiger partial charge in [-0.3, -0.25) is 0 Å². The van der Waals surface area contributed by atoms with Gasteiger partial charge in [0.15, 0.2) is 0 Å². The summed E-state index contributed by atoms with van der Waals surface area (Å²) in [6, 6.07) is 15.7. The third-order valence-electron chi connectivity index (χ3n) is 3.16. The first-order valence-electron chi connectivity index (χ1n) is 6.42. The second kappa shape index (κ2) is 7.02. The van der Waals surface area contributed by atoms with E-state index in [9.17, 15) is 0 Å². The molecular weight excluding hydrogens is 290 g/mol. The molecule has 0 aliphatic heterocycles. The highest BCUT2D eigenvalue weighted by Gasteiger charge is 2.17. The Kier molecular flexibility index (Phi) is 5.35. The molecule has 2 atom stereocenters. The Labute approximate surface area is 129 Å². The van der Waals surface area contributed by atoms with Crippen LogP contribution in [0.2, 0.25) is 5.02 Å². The van der Waals surface area contributed by atoms with Crippen molar-refractivity contribution in [3.63, 3.8) is 0 Å². The van der Waals surface area contributed by atoms with Gasteiger partial charge in [-0.05, 0) is 29.8 Å². The van der Waals surface area contributed by atoms with Crippen LogP contribution in [0.4, 0.5) is 0 Å². The average Bonchev–Trinajstić information content (AvgIpc) is 2.49. The summed E-state index contributed by atoms with van der Waals surface area (Å²) in [5.74, 6) is 0.840. The van der Waals surface area contributed by atoms with E-state index in [-0.39, 0.29) is 11.3 Å². The first kappa shape index (κ1) is 15.2. The van der Waals surface area contributed by atoms with E-state index in [1.807, 2.05) is 48.5 Å². The van der Waals surface area contributed by atoms with Crippen LogP contribution >= 0.6 is 23.4 Å². The van der Waals surface area contributed by atoms with E-state index in [1.165, 1.54) is 0 Å². The van der Waals surface area contributed by atoms with Crippen LogP contribution in [0.1, 0.15) is 18.5 Å². The van der Waals surface area contributed by atoms with Crippen LogP contribution < -0.4 is 10.5 Å². The third kappa shape index (κ3) is 3.69. The standard InChI is InChI=1S/C16H18ClNOS/c1-11(20-15-6-4-3-5-14(15)17)16(18)12-7-9-13(19-2)10-8-12/h3-11,16H,18H2,1-2H3. The number of ether oxygens (including phenoxy) is 1. The van der Waals surface area contributed by atoms with Gasteiger partial charge in [0, 0.05) is 16.2 Å². The summed E-state index contributed by atoms with van der Waals surface area (Å²) in [6.07, 6.45) is 0. The van der Waals surface area contributed by atoms with Gasteiger partial charge in [-0.2, -0.15) is 0 Å². The van der Waals surface area contributed by atoms with Crippen molar-refractivity contribution in [2.24, 2.45) is 5.73 Å². The van der Waals surface area contributed by atoms with Crippen LogP contribution in [0.25, 0.3) is 0 Å². The number of methoxy groups -OCH3 is 1. The van der Waals surface area contributed by atoms with E-state index in [2.05, 4.69) is 6.92 Å². The van der Waals surface area contributed by atoms with Gasteiger partial charge >= 0.3 is 0 Å². The lowest BCUT2D eigenvalue weighted by atomic mass is 10.1. The SMILES string of the molecule is COc1ccc(C(N)C(C)Sc2ccccc2Cl)cc1. The first-order chi connectivity index (χ1) is 9.61.